The van der Waals surface area contributed by atoms with Gasteiger partial charge in [-0.1, -0.05) is 25.1 Å². The molecule has 2 rings (SSSR count). The van der Waals surface area contributed by atoms with Crippen LogP contribution in [0.3, 0.4) is 0 Å². The van der Waals surface area contributed by atoms with Gasteiger partial charge in [0.25, 0.3) is 0 Å². The summed E-state index contributed by atoms with van der Waals surface area (Å²) in [7, 11) is 0. The minimum atomic E-state index is 0.193. The second-order valence-electron chi connectivity index (χ2n) is 3.86. The Kier molecular flexibility index (Phi) is 2.91. The van der Waals surface area contributed by atoms with E-state index in [9.17, 15) is 4.79 Å². The third-order valence-electron chi connectivity index (χ3n) is 2.76. The molecule has 1 aromatic carbocycles. The highest BCUT2D eigenvalue weighted by atomic mass is 16.1. The summed E-state index contributed by atoms with van der Waals surface area (Å²) < 4.78 is 0. The molecule has 0 radical (unpaired) electrons. The first kappa shape index (κ1) is 10.7. The Balaban J connectivity index is 2.63. The molecule has 1 aromatic rings. The number of allylic oxidation sites excluding steroid dienone is 3. The highest BCUT2D eigenvalue weighted by Gasteiger charge is 2.16. The number of carbonyl (C=O) groups is 1. The van der Waals surface area contributed by atoms with Gasteiger partial charge < -0.3 is 5.32 Å². The molecule has 16 heavy (non-hydrogen) atoms. The first-order chi connectivity index (χ1) is 7.74. The van der Waals surface area contributed by atoms with Gasteiger partial charge in [-0.2, -0.15) is 0 Å². The Morgan fingerprint density at radius 2 is 2.06 bits per heavy atom. The molecule has 1 N–H and O–H groups in total. The van der Waals surface area contributed by atoms with Gasteiger partial charge in [0.2, 0.25) is 0 Å². The summed E-state index contributed by atoms with van der Waals surface area (Å²) in [6, 6.07) is 7.90. The normalized spacial score (nSPS) is 14.1. The molecule has 0 saturated carbocycles. The van der Waals surface area contributed by atoms with Gasteiger partial charge in [-0.3, -0.25) is 4.79 Å². The molecular formula is C14H15NO. The van der Waals surface area contributed by atoms with E-state index >= 15 is 0 Å². The van der Waals surface area contributed by atoms with E-state index in [1.54, 1.807) is 0 Å². The molecule has 0 amide bonds. The van der Waals surface area contributed by atoms with Gasteiger partial charge in [0.15, 0.2) is 5.78 Å². The molecule has 0 bridgehead atoms. The fourth-order valence-electron chi connectivity index (χ4n) is 1.93. The SMILES string of the molecule is CCC(=O)C1=C(C)C=CNc2ccccc21. The summed E-state index contributed by atoms with van der Waals surface area (Å²) in [6.45, 7) is 3.87. The Labute approximate surface area is 95.7 Å². The first-order valence-electron chi connectivity index (χ1n) is 5.50. The number of Topliss-reactive ketones (excluding diaryl/α,β-unsaturated/α-hetero) is 1. The van der Waals surface area contributed by atoms with Gasteiger partial charge in [0.05, 0.1) is 0 Å². The number of fused-ring (bicyclic) bond motifs is 1. The second-order valence-corrected chi connectivity index (χ2v) is 3.86. The molecule has 1 aliphatic heterocycles. The van der Waals surface area contributed by atoms with Gasteiger partial charge in [-0.15, -0.1) is 0 Å². The maximum Gasteiger partial charge on any atom is 0.163 e. The largest absolute Gasteiger partial charge is 0.361 e. The van der Waals surface area contributed by atoms with Crippen LogP contribution >= 0.6 is 0 Å². The average molecular weight is 213 g/mol. The highest BCUT2D eigenvalue weighted by molar-refractivity contribution is 6.23. The quantitative estimate of drug-likeness (QED) is 0.816. The van der Waals surface area contributed by atoms with Crippen LogP contribution in [0.5, 0.6) is 0 Å². The summed E-state index contributed by atoms with van der Waals surface area (Å²) in [5.74, 6) is 0.193. The lowest BCUT2D eigenvalue weighted by Crippen LogP contribution is -2.03. The van der Waals surface area contributed by atoms with Crippen molar-refractivity contribution in [2.24, 2.45) is 0 Å². The summed E-state index contributed by atoms with van der Waals surface area (Å²) in [4.78, 5) is 12.0. The Hall–Kier alpha value is -1.83. The van der Waals surface area contributed by atoms with Crippen LogP contribution in [-0.2, 0) is 4.79 Å². The Morgan fingerprint density at radius 3 is 2.81 bits per heavy atom. The van der Waals surface area contributed by atoms with Gasteiger partial charge in [0.1, 0.15) is 0 Å². The third-order valence-corrected chi connectivity index (χ3v) is 2.76. The molecule has 0 saturated heterocycles. The zero-order valence-electron chi connectivity index (χ0n) is 9.58. The second kappa shape index (κ2) is 4.35. The minimum absolute atomic E-state index is 0.193. The van der Waals surface area contributed by atoms with Crippen molar-refractivity contribution in [1.29, 1.82) is 0 Å². The van der Waals surface area contributed by atoms with Crippen LogP contribution in [0.4, 0.5) is 5.69 Å². The lowest BCUT2D eigenvalue weighted by molar-refractivity contribution is -0.113. The van der Waals surface area contributed by atoms with Crippen molar-refractivity contribution in [3.8, 4) is 0 Å². The fraction of sp³-hybridized carbons (Fsp3) is 0.214. The summed E-state index contributed by atoms with van der Waals surface area (Å²) >= 11 is 0. The average Bonchev–Trinajstić information content (AvgIpc) is 2.46. The van der Waals surface area contributed by atoms with Crippen molar-refractivity contribution in [2.75, 3.05) is 5.32 Å². The first-order valence-corrected chi connectivity index (χ1v) is 5.50. The number of rotatable bonds is 2. The summed E-state index contributed by atoms with van der Waals surface area (Å²) in [5, 5.41) is 3.19. The van der Waals surface area contributed by atoms with E-state index in [4.69, 9.17) is 0 Å². The van der Waals surface area contributed by atoms with Crippen molar-refractivity contribution in [1.82, 2.24) is 0 Å². The van der Waals surface area contributed by atoms with E-state index in [0.717, 1.165) is 22.4 Å². The molecule has 2 nitrogen and oxygen atoms in total. The standard InChI is InChI=1S/C14H15NO/c1-3-13(16)14-10(2)8-9-15-12-7-5-4-6-11(12)14/h4-9,15H,3H2,1-2H3. The number of hydrogen-bond donors (Lipinski definition) is 1. The van der Waals surface area contributed by atoms with Crippen LogP contribution < -0.4 is 5.32 Å². The summed E-state index contributed by atoms with van der Waals surface area (Å²) in [6.07, 6.45) is 4.36. The fourth-order valence-corrected chi connectivity index (χ4v) is 1.93. The van der Waals surface area contributed by atoms with E-state index < -0.39 is 0 Å². The number of benzene rings is 1. The minimum Gasteiger partial charge on any atom is -0.361 e. The number of para-hydroxylation sites is 1. The van der Waals surface area contributed by atoms with Crippen molar-refractivity contribution < 1.29 is 4.79 Å². The van der Waals surface area contributed by atoms with Crippen LogP contribution in [0.1, 0.15) is 25.8 Å². The zero-order chi connectivity index (χ0) is 11.5. The van der Waals surface area contributed by atoms with Crippen molar-refractivity contribution in [2.45, 2.75) is 20.3 Å². The van der Waals surface area contributed by atoms with Crippen LogP contribution in [0.25, 0.3) is 5.57 Å². The van der Waals surface area contributed by atoms with Gasteiger partial charge in [-0.05, 0) is 24.6 Å². The topological polar surface area (TPSA) is 29.1 Å². The van der Waals surface area contributed by atoms with Gasteiger partial charge >= 0.3 is 0 Å². The monoisotopic (exact) mass is 213 g/mol. The molecule has 0 unspecified atom stereocenters. The lowest BCUT2D eigenvalue weighted by Gasteiger charge is -2.10. The van der Waals surface area contributed by atoms with Crippen LogP contribution in [0.2, 0.25) is 0 Å². The Bertz CT molecular complexity index is 483. The molecule has 0 spiro atoms. The third kappa shape index (κ3) is 1.78. The lowest BCUT2D eigenvalue weighted by atomic mass is 9.95. The molecule has 82 valence electrons. The van der Waals surface area contributed by atoms with E-state index in [2.05, 4.69) is 5.32 Å². The molecule has 2 heteroatoms. The number of hydrogen-bond acceptors (Lipinski definition) is 2. The van der Waals surface area contributed by atoms with Crippen LogP contribution in [0, 0.1) is 0 Å². The number of carbonyl (C=O) groups excluding carboxylic acids is 1. The van der Waals surface area contributed by atoms with E-state index in [1.807, 2.05) is 50.4 Å². The smallest absolute Gasteiger partial charge is 0.163 e. The van der Waals surface area contributed by atoms with Crippen molar-refractivity contribution >= 4 is 17.0 Å². The molecule has 1 heterocycles. The van der Waals surface area contributed by atoms with Gasteiger partial charge in [-0.25, -0.2) is 0 Å². The van der Waals surface area contributed by atoms with E-state index in [0.29, 0.717) is 6.42 Å². The number of ketones is 1. The molecular weight excluding hydrogens is 198 g/mol. The van der Waals surface area contributed by atoms with E-state index in [1.165, 1.54) is 0 Å². The summed E-state index contributed by atoms with van der Waals surface area (Å²) in [5.41, 5.74) is 3.84. The Morgan fingerprint density at radius 1 is 1.31 bits per heavy atom. The molecule has 0 fully saturated rings. The highest BCUT2D eigenvalue weighted by Crippen LogP contribution is 2.30. The molecule has 0 atom stereocenters. The number of anilines is 1. The van der Waals surface area contributed by atoms with E-state index in [-0.39, 0.29) is 5.78 Å². The van der Waals surface area contributed by atoms with Gasteiger partial charge in [0, 0.05) is 29.4 Å². The zero-order valence-corrected chi connectivity index (χ0v) is 9.58. The predicted octanol–water partition coefficient (Wildman–Crippen LogP) is 3.38. The molecule has 0 aromatic heterocycles. The molecule has 1 aliphatic rings. The van der Waals surface area contributed by atoms with Crippen LogP contribution in [-0.4, -0.2) is 5.78 Å². The van der Waals surface area contributed by atoms with Crippen molar-refractivity contribution in [3.05, 3.63) is 47.7 Å². The predicted molar refractivity (Wildman–Crippen MR) is 67.1 cm³/mol. The van der Waals surface area contributed by atoms with Crippen LogP contribution in [0.15, 0.2) is 42.1 Å². The molecule has 0 aliphatic carbocycles. The van der Waals surface area contributed by atoms with Crippen molar-refractivity contribution in [3.63, 3.8) is 0 Å². The number of nitrogens with one attached hydrogen (secondary N) is 1. The maximum atomic E-state index is 12.0. The maximum absolute atomic E-state index is 12.0.